The molecule has 5 nitrogen and oxygen atoms in total. The Morgan fingerprint density at radius 1 is 1.24 bits per heavy atom. The van der Waals surface area contributed by atoms with Gasteiger partial charge in [-0.1, -0.05) is 38.1 Å². The summed E-state index contributed by atoms with van der Waals surface area (Å²) < 4.78 is 0. The molecule has 2 unspecified atom stereocenters. The topological polar surface area (TPSA) is 69.6 Å². The maximum Gasteiger partial charge on any atom is 0.317 e. The summed E-state index contributed by atoms with van der Waals surface area (Å²) in [6, 6.07) is 7.93. The Kier molecular flexibility index (Phi) is 4.83. The van der Waals surface area contributed by atoms with Gasteiger partial charge in [0.15, 0.2) is 0 Å². The number of hydrogen-bond acceptors (Lipinski definition) is 2. The molecule has 5 heteroatoms. The maximum absolute atomic E-state index is 12.1. The van der Waals surface area contributed by atoms with Gasteiger partial charge < -0.3 is 15.3 Å². The third-order valence-electron chi connectivity index (χ3n) is 4.09. The Bertz CT molecular complexity index is 513. The fraction of sp³-hybridized carbons (Fsp3) is 0.500. The summed E-state index contributed by atoms with van der Waals surface area (Å²) in [6.07, 6.45) is 0.995. The molecule has 1 aliphatic heterocycles. The summed E-state index contributed by atoms with van der Waals surface area (Å²) in [5.74, 6) is -1.29. The van der Waals surface area contributed by atoms with Gasteiger partial charge in [-0.25, -0.2) is 4.79 Å². The largest absolute Gasteiger partial charge is 0.481 e. The van der Waals surface area contributed by atoms with Crippen molar-refractivity contribution in [1.29, 1.82) is 0 Å². The van der Waals surface area contributed by atoms with Crippen LogP contribution in [0.1, 0.15) is 25.0 Å². The molecule has 114 valence electrons. The number of carboxylic acids is 1. The number of amides is 2. The second kappa shape index (κ2) is 6.61. The molecule has 0 bridgehead atoms. The molecule has 0 aliphatic carbocycles. The third kappa shape index (κ3) is 3.74. The van der Waals surface area contributed by atoms with E-state index in [0.29, 0.717) is 13.1 Å². The van der Waals surface area contributed by atoms with E-state index in [9.17, 15) is 9.59 Å². The zero-order valence-corrected chi connectivity index (χ0v) is 12.5. The first-order valence-corrected chi connectivity index (χ1v) is 7.34. The minimum atomic E-state index is -0.826. The minimum absolute atomic E-state index is 0.00270. The van der Waals surface area contributed by atoms with Crippen LogP contribution in [0, 0.1) is 11.8 Å². The van der Waals surface area contributed by atoms with Crippen LogP contribution in [-0.4, -0.2) is 35.1 Å². The number of likely N-dealkylation sites (tertiary alicyclic amines) is 1. The van der Waals surface area contributed by atoms with E-state index < -0.39 is 11.9 Å². The number of urea groups is 1. The zero-order chi connectivity index (χ0) is 15.4. The van der Waals surface area contributed by atoms with Gasteiger partial charge in [0.05, 0.1) is 5.92 Å². The monoisotopic (exact) mass is 290 g/mol. The van der Waals surface area contributed by atoms with E-state index in [1.165, 1.54) is 5.56 Å². The van der Waals surface area contributed by atoms with E-state index >= 15 is 0 Å². The standard InChI is InChI=1S/C16H22N2O3/c1-3-12-4-6-13(7-5-12)8-17-16(21)18-9-11(2)14(10-18)15(19)20/h4-7,11,14H,3,8-10H2,1-2H3,(H,17,21)(H,19,20). The average molecular weight is 290 g/mol. The first kappa shape index (κ1) is 15.4. The maximum atomic E-state index is 12.1. The predicted molar refractivity (Wildman–Crippen MR) is 79.9 cm³/mol. The van der Waals surface area contributed by atoms with Crippen LogP contribution in [0.4, 0.5) is 4.79 Å². The fourth-order valence-electron chi connectivity index (χ4n) is 2.64. The minimum Gasteiger partial charge on any atom is -0.481 e. The number of aliphatic carboxylic acids is 1. The summed E-state index contributed by atoms with van der Waals surface area (Å²) in [5.41, 5.74) is 2.31. The molecule has 2 amide bonds. The molecular weight excluding hydrogens is 268 g/mol. The second-order valence-electron chi connectivity index (χ2n) is 5.66. The summed E-state index contributed by atoms with van der Waals surface area (Å²) in [4.78, 5) is 24.7. The Morgan fingerprint density at radius 3 is 2.38 bits per heavy atom. The van der Waals surface area contributed by atoms with Gasteiger partial charge in [-0.15, -0.1) is 0 Å². The Balaban J connectivity index is 1.86. The van der Waals surface area contributed by atoms with Crippen LogP contribution in [0.15, 0.2) is 24.3 Å². The lowest BCUT2D eigenvalue weighted by atomic mass is 9.99. The second-order valence-corrected chi connectivity index (χ2v) is 5.66. The van der Waals surface area contributed by atoms with E-state index in [4.69, 9.17) is 5.11 Å². The Hall–Kier alpha value is -2.04. The lowest BCUT2D eigenvalue weighted by Gasteiger charge is -2.17. The van der Waals surface area contributed by atoms with Crippen molar-refractivity contribution in [3.63, 3.8) is 0 Å². The Labute approximate surface area is 125 Å². The van der Waals surface area contributed by atoms with Crippen molar-refractivity contribution >= 4 is 12.0 Å². The number of rotatable bonds is 4. The molecule has 2 atom stereocenters. The molecule has 0 radical (unpaired) electrons. The van der Waals surface area contributed by atoms with E-state index in [1.807, 2.05) is 19.1 Å². The van der Waals surface area contributed by atoms with Gasteiger partial charge in [0, 0.05) is 19.6 Å². The van der Waals surface area contributed by atoms with Crippen molar-refractivity contribution in [3.05, 3.63) is 35.4 Å². The number of nitrogens with zero attached hydrogens (tertiary/aromatic N) is 1. The third-order valence-corrected chi connectivity index (χ3v) is 4.09. The number of benzene rings is 1. The summed E-state index contributed by atoms with van der Waals surface area (Å²) in [7, 11) is 0. The SMILES string of the molecule is CCc1ccc(CNC(=O)N2CC(C)C(C(=O)O)C2)cc1. The van der Waals surface area contributed by atoms with Crippen molar-refractivity contribution in [2.24, 2.45) is 11.8 Å². The lowest BCUT2D eigenvalue weighted by molar-refractivity contribution is -0.142. The van der Waals surface area contributed by atoms with Crippen molar-refractivity contribution in [1.82, 2.24) is 10.2 Å². The molecule has 1 fully saturated rings. The molecule has 1 aromatic rings. The first-order valence-electron chi connectivity index (χ1n) is 7.34. The van der Waals surface area contributed by atoms with Crippen molar-refractivity contribution in [3.8, 4) is 0 Å². The fourth-order valence-corrected chi connectivity index (χ4v) is 2.64. The van der Waals surface area contributed by atoms with E-state index in [0.717, 1.165) is 12.0 Å². The first-order chi connectivity index (χ1) is 10.0. The smallest absolute Gasteiger partial charge is 0.317 e. The molecular formula is C16H22N2O3. The van der Waals surface area contributed by atoms with E-state index in [-0.39, 0.29) is 18.5 Å². The quantitative estimate of drug-likeness (QED) is 0.892. The van der Waals surface area contributed by atoms with Gasteiger partial charge in [0.1, 0.15) is 0 Å². The van der Waals surface area contributed by atoms with Crippen LogP contribution < -0.4 is 5.32 Å². The number of carbonyl (C=O) groups is 2. The highest BCUT2D eigenvalue weighted by Crippen LogP contribution is 2.23. The van der Waals surface area contributed by atoms with Gasteiger partial charge in [-0.2, -0.15) is 0 Å². The molecule has 1 saturated heterocycles. The van der Waals surface area contributed by atoms with Crippen molar-refractivity contribution in [2.45, 2.75) is 26.8 Å². The molecule has 0 spiro atoms. The summed E-state index contributed by atoms with van der Waals surface area (Å²) >= 11 is 0. The number of aryl methyl sites for hydroxylation is 1. The number of nitrogens with one attached hydrogen (secondary N) is 1. The number of carboxylic acid groups (broad SMARTS) is 1. The predicted octanol–water partition coefficient (Wildman–Crippen LogP) is 2.11. The highest BCUT2D eigenvalue weighted by atomic mass is 16.4. The molecule has 1 aliphatic rings. The van der Waals surface area contributed by atoms with Crippen LogP contribution in [0.5, 0.6) is 0 Å². The van der Waals surface area contributed by atoms with Gasteiger partial charge in [0.25, 0.3) is 0 Å². The summed E-state index contributed by atoms with van der Waals surface area (Å²) in [5, 5.41) is 11.9. The molecule has 21 heavy (non-hydrogen) atoms. The van der Waals surface area contributed by atoms with Gasteiger partial charge in [-0.3, -0.25) is 4.79 Å². The zero-order valence-electron chi connectivity index (χ0n) is 12.5. The molecule has 2 rings (SSSR count). The average Bonchev–Trinajstić information content (AvgIpc) is 2.87. The van der Waals surface area contributed by atoms with E-state index in [1.54, 1.807) is 4.90 Å². The molecule has 1 heterocycles. The molecule has 2 N–H and O–H groups in total. The van der Waals surface area contributed by atoms with E-state index in [2.05, 4.69) is 24.4 Å². The van der Waals surface area contributed by atoms with Crippen molar-refractivity contribution in [2.75, 3.05) is 13.1 Å². The van der Waals surface area contributed by atoms with Crippen molar-refractivity contribution < 1.29 is 14.7 Å². The van der Waals surface area contributed by atoms with Crippen LogP contribution in [0.3, 0.4) is 0 Å². The molecule has 1 aromatic carbocycles. The Morgan fingerprint density at radius 2 is 1.86 bits per heavy atom. The van der Waals surface area contributed by atoms with Gasteiger partial charge >= 0.3 is 12.0 Å². The molecule has 0 aromatic heterocycles. The van der Waals surface area contributed by atoms with Crippen LogP contribution in [-0.2, 0) is 17.8 Å². The number of hydrogen-bond donors (Lipinski definition) is 2. The molecule has 0 saturated carbocycles. The van der Waals surface area contributed by atoms with Crippen LogP contribution >= 0.6 is 0 Å². The normalized spacial score (nSPS) is 21.3. The summed E-state index contributed by atoms with van der Waals surface area (Å²) in [6.45, 7) is 5.22. The van der Waals surface area contributed by atoms with Crippen LogP contribution in [0.25, 0.3) is 0 Å². The van der Waals surface area contributed by atoms with Crippen LogP contribution in [0.2, 0.25) is 0 Å². The lowest BCUT2D eigenvalue weighted by Crippen LogP contribution is -2.38. The number of carbonyl (C=O) groups excluding carboxylic acids is 1. The van der Waals surface area contributed by atoms with Gasteiger partial charge in [0.2, 0.25) is 0 Å². The van der Waals surface area contributed by atoms with Gasteiger partial charge in [-0.05, 0) is 23.5 Å². The highest BCUT2D eigenvalue weighted by Gasteiger charge is 2.36. The highest BCUT2D eigenvalue weighted by molar-refractivity contribution is 5.77.